The molecule has 0 unspecified atom stereocenters. The van der Waals surface area contributed by atoms with Gasteiger partial charge in [-0.2, -0.15) is 0 Å². The zero-order chi connectivity index (χ0) is 8.97. The van der Waals surface area contributed by atoms with Gasteiger partial charge in [0, 0.05) is 6.54 Å². The van der Waals surface area contributed by atoms with Crippen molar-refractivity contribution in [2.45, 2.75) is 25.0 Å². The molecule has 0 amide bonds. The standard InChI is InChI=1S/C8H15NO3/c1-9-5-6-3-4-7(12-6)8(10)11-2/h6-7,9H,3-5H2,1-2H3/t6-,7+/m0/s1. The van der Waals surface area contributed by atoms with Crippen molar-refractivity contribution in [3.05, 3.63) is 0 Å². The molecule has 1 N–H and O–H groups in total. The topological polar surface area (TPSA) is 47.6 Å². The van der Waals surface area contributed by atoms with Gasteiger partial charge in [0.2, 0.25) is 0 Å². The lowest BCUT2D eigenvalue weighted by atomic mass is 10.2. The van der Waals surface area contributed by atoms with E-state index in [0.717, 1.165) is 19.4 Å². The Balaban J connectivity index is 2.30. The molecule has 70 valence electrons. The van der Waals surface area contributed by atoms with Crippen molar-refractivity contribution in [2.24, 2.45) is 0 Å². The van der Waals surface area contributed by atoms with Crippen LogP contribution in [-0.2, 0) is 14.3 Å². The van der Waals surface area contributed by atoms with Crippen LogP contribution in [0, 0.1) is 0 Å². The van der Waals surface area contributed by atoms with Gasteiger partial charge < -0.3 is 14.8 Å². The van der Waals surface area contributed by atoms with Gasteiger partial charge in [-0.15, -0.1) is 0 Å². The Morgan fingerprint density at radius 2 is 2.42 bits per heavy atom. The lowest BCUT2D eigenvalue weighted by Gasteiger charge is -2.10. The molecule has 0 aromatic heterocycles. The maximum atomic E-state index is 11.0. The van der Waals surface area contributed by atoms with Crippen LogP contribution in [0.3, 0.4) is 0 Å². The van der Waals surface area contributed by atoms with Crippen LogP contribution < -0.4 is 5.32 Å². The van der Waals surface area contributed by atoms with Crippen LogP contribution in [0.4, 0.5) is 0 Å². The molecule has 0 bridgehead atoms. The third-order valence-electron chi connectivity index (χ3n) is 2.00. The summed E-state index contributed by atoms with van der Waals surface area (Å²) >= 11 is 0. The molecule has 2 atom stereocenters. The Hall–Kier alpha value is -0.610. The van der Waals surface area contributed by atoms with Gasteiger partial charge in [0.05, 0.1) is 13.2 Å². The van der Waals surface area contributed by atoms with Crippen molar-refractivity contribution < 1.29 is 14.3 Å². The molecule has 1 fully saturated rings. The molecule has 4 nitrogen and oxygen atoms in total. The van der Waals surface area contributed by atoms with E-state index in [2.05, 4.69) is 10.1 Å². The van der Waals surface area contributed by atoms with Gasteiger partial charge in [0.25, 0.3) is 0 Å². The number of hydrogen-bond donors (Lipinski definition) is 1. The van der Waals surface area contributed by atoms with Crippen LogP contribution in [0.2, 0.25) is 0 Å². The first kappa shape index (κ1) is 9.48. The van der Waals surface area contributed by atoms with Gasteiger partial charge in [-0.05, 0) is 19.9 Å². The molecular formula is C8H15NO3. The zero-order valence-corrected chi connectivity index (χ0v) is 7.50. The van der Waals surface area contributed by atoms with Crippen LogP contribution >= 0.6 is 0 Å². The van der Waals surface area contributed by atoms with Gasteiger partial charge in [0.15, 0.2) is 6.10 Å². The second-order valence-electron chi connectivity index (χ2n) is 2.90. The molecule has 1 rings (SSSR count). The average Bonchev–Trinajstić information content (AvgIpc) is 2.52. The van der Waals surface area contributed by atoms with E-state index in [1.807, 2.05) is 7.05 Å². The first-order valence-corrected chi connectivity index (χ1v) is 4.15. The molecule has 12 heavy (non-hydrogen) atoms. The van der Waals surface area contributed by atoms with Crippen molar-refractivity contribution in [3.63, 3.8) is 0 Å². The predicted octanol–water partition coefficient (Wildman–Crippen LogP) is -0.0736. The molecule has 0 aliphatic carbocycles. The maximum Gasteiger partial charge on any atom is 0.334 e. The Bertz CT molecular complexity index is 160. The van der Waals surface area contributed by atoms with Gasteiger partial charge in [-0.3, -0.25) is 0 Å². The molecule has 0 saturated carbocycles. The number of rotatable bonds is 3. The normalized spacial score (nSPS) is 28.8. The van der Waals surface area contributed by atoms with E-state index < -0.39 is 0 Å². The van der Waals surface area contributed by atoms with Crippen molar-refractivity contribution >= 4 is 5.97 Å². The van der Waals surface area contributed by atoms with E-state index in [4.69, 9.17) is 4.74 Å². The van der Waals surface area contributed by atoms with Crippen LogP contribution in [0.1, 0.15) is 12.8 Å². The fourth-order valence-corrected chi connectivity index (χ4v) is 1.39. The number of ether oxygens (including phenoxy) is 2. The summed E-state index contributed by atoms with van der Waals surface area (Å²) < 4.78 is 9.99. The fourth-order valence-electron chi connectivity index (χ4n) is 1.39. The Labute approximate surface area is 72.2 Å². The second-order valence-corrected chi connectivity index (χ2v) is 2.90. The van der Waals surface area contributed by atoms with E-state index in [9.17, 15) is 4.79 Å². The molecule has 0 aromatic rings. The third-order valence-corrected chi connectivity index (χ3v) is 2.00. The summed E-state index contributed by atoms with van der Waals surface area (Å²) in [5, 5.41) is 3.01. The lowest BCUT2D eigenvalue weighted by molar-refractivity contribution is -0.153. The average molecular weight is 173 g/mol. The summed E-state index contributed by atoms with van der Waals surface area (Å²) in [5.74, 6) is -0.256. The van der Waals surface area contributed by atoms with Crippen LogP contribution in [0.15, 0.2) is 0 Å². The lowest BCUT2D eigenvalue weighted by Crippen LogP contribution is -2.27. The number of carbonyl (C=O) groups excluding carboxylic acids is 1. The highest BCUT2D eigenvalue weighted by atomic mass is 16.6. The van der Waals surface area contributed by atoms with Crippen LogP contribution in [0.5, 0.6) is 0 Å². The molecule has 0 aromatic carbocycles. The van der Waals surface area contributed by atoms with Gasteiger partial charge in [-0.1, -0.05) is 0 Å². The smallest absolute Gasteiger partial charge is 0.334 e. The highest BCUT2D eigenvalue weighted by molar-refractivity contribution is 5.74. The van der Waals surface area contributed by atoms with Crippen LogP contribution in [-0.4, -0.2) is 38.9 Å². The minimum Gasteiger partial charge on any atom is -0.467 e. The minimum atomic E-state index is -0.339. The summed E-state index contributed by atoms with van der Waals surface area (Å²) in [4.78, 5) is 11.0. The molecule has 1 saturated heterocycles. The van der Waals surface area contributed by atoms with Crippen molar-refractivity contribution in [1.29, 1.82) is 0 Å². The predicted molar refractivity (Wildman–Crippen MR) is 43.8 cm³/mol. The molecule has 1 aliphatic rings. The number of likely N-dealkylation sites (N-methyl/N-ethyl adjacent to an activating group) is 1. The van der Waals surface area contributed by atoms with Crippen LogP contribution in [0.25, 0.3) is 0 Å². The monoisotopic (exact) mass is 173 g/mol. The van der Waals surface area contributed by atoms with Crippen molar-refractivity contribution in [3.8, 4) is 0 Å². The molecule has 1 heterocycles. The van der Waals surface area contributed by atoms with Gasteiger partial charge >= 0.3 is 5.97 Å². The summed E-state index contributed by atoms with van der Waals surface area (Å²) in [5.41, 5.74) is 0. The van der Waals surface area contributed by atoms with E-state index in [0.29, 0.717) is 0 Å². The number of carbonyl (C=O) groups is 1. The summed E-state index contributed by atoms with van der Waals surface area (Å²) in [6.07, 6.45) is 1.53. The molecule has 0 spiro atoms. The van der Waals surface area contributed by atoms with Crippen molar-refractivity contribution in [1.82, 2.24) is 5.32 Å². The highest BCUT2D eigenvalue weighted by Gasteiger charge is 2.30. The molecular weight excluding hydrogens is 158 g/mol. The Kier molecular flexibility index (Phi) is 3.49. The number of nitrogens with one attached hydrogen (secondary N) is 1. The zero-order valence-electron chi connectivity index (χ0n) is 7.50. The Morgan fingerprint density at radius 3 is 3.00 bits per heavy atom. The van der Waals surface area contributed by atoms with E-state index in [1.165, 1.54) is 7.11 Å². The van der Waals surface area contributed by atoms with E-state index in [-0.39, 0.29) is 18.2 Å². The molecule has 1 aliphatic heterocycles. The summed E-state index contributed by atoms with van der Waals surface area (Å²) in [6, 6.07) is 0. The van der Waals surface area contributed by atoms with Gasteiger partial charge in [0.1, 0.15) is 0 Å². The largest absolute Gasteiger partial charge is 0.467 e. The minimum absolute atomic E-state index is 0.166. The second kappa shape index (κ2) is 4.42. The Morgan fingerprint density at radius 1 is 1.67 bits per heavy atom. The third kappa shape index (κ3) is 2.19. The maximum absolute atomic E-state index is 11.0. The summed E-state index contributed by atoms with van der Waals surface area (Å²) in [6.45, 7) is 0.799. The fraction of sp³-hybridized carbons (Fsp3) is 0.875. The molecule has 4 heteroatoms. The number of hydrogen-bond acceptors (Lipinski definition) is 4. The quantitative estimate of drug-likeness (QED) is 0.607. The van der Waals surface area contributed by atoms with E-state index >= 15 is 0 Å². The highest BCUT2D eigenvalue weighted by Crippen LogP contribution is 2.19. The van der Waals surface area contributed by atoms with Gasteiger partial charge in [-0.25, -0.2) is 4.79 Å². The SMILES string of the molecule is CNC[C@@H]1CC[C@H](C(=O)OC)O1. The van der Waals surface area contributed by atoms with E-state index in [1.54, 1.807) is 0 Å². The molecule has 0 radical (unpaired) electrons. The number of esters is 1. The number of methoxy groups -OCH3 is 1. The first-order valence-electron chi connectivity index (χ1n) is 4.15. The first-order chi connectivity index (χ1) is 5.77. The summed E-state index contributed by atoms with van der Waals surface area (Å²) in [7, 11) is 3.26. The van der Waals surface area contributed by atoms with Crippen molar-refractivity contribution in [2.75, 3.05) is 20.7 Å².